The van der Waals surface area contributed by atoms with Gasteiger partial charge in [0.25, 0.3) is 0 Å². The van der Waals surface area contributed by atoms with E-state index in [1.807, 2.05) is 13.8 Å². The van der Waals surface area contributed by atoms with Crippen molar-refractivity contribution in [3.8, 4) is 0 Å². The first-order valence-electron chi connectivity index (χ1n) is 6.64. The summed E-state index contributed by atoms with van der Waals surface area (Å²) < 4.78 is 1.78. The van der Waals surface area contributed by atoms with E-state index in [4.69, 9.17) is 11.6 Å². The van der Waals surface area contributed by atoms with Gasteiger partial charge in [0.2, 0.25) is 5.91 Å². The topological polar surface area (TPSA) is 46.9 Å². The molecule has 0 aliphatic carbocycles. The molecule has 1 rings (SSSR count). The monoisotopic (exact) mass is 283 g/mol. The maximum atomic E-state index is 11.5. The second kappa shape index (κ2) is 7.34. The zero-order valence-corrected chi connectivity index (χ0v) is 12.8. The van der Waals surface area contributed by atoms with Crippen LogP contribution >= 0.6 is 11.6 Å². The van der Waals surface area contributed by atoms with Crippen LogP contribution in [0.15, 0.2) is 6.08 Å². The summed E-state index contributed by atoms with van der Waals surface area (Å²) in [7, 11) is 0. The van der Waals surface area contributed by atoms with E-state index in [0.29, 0.717) is 17.6 Å². The highest BCUT2D eigenvalue weighted by Crippen LogP contribution is 2.22. The van der Waals surface area contributed by atoms with Gasteiger partial charge in [-0.05, 0) is 25.3 Å². The van der Waals surface area contributed by atoms with Gasteiger partial charge in [0, 0.05) is 24.7 Å². The molecule has 0 radical (unpaired) electrons. The van der Waals surface area contributed by atoms with Crippen LogP contribution in [-0.4, -0.2) is 22.2 Å². The van der Waals surface area contributed by atoms with Crippen LogP contribution in [0.1, 0.15) is 38.4 Å². The quantitative estimate of drug-likeness (QED) is 0.816. The van der Waals surface area contributed by atoms with Crippen molar-refractivity contribution >= 4 is 23.6 Å². The second-order valence-electron chi connectivity index (χ2n) is 4.99. The first-order valence-corrected chi connectivity index (χ1v) is 7.02. The molecular formula is C14H22ClN3O. The van der Waals surface area contributed by atoms with Gasteiger partial charge in [0.1, 0.15) is 5.15 Å². The number of carbonyl (C=O) groups excluding carboxylic acids is 1. The maximum Gasteiger partial charge on any atom is 0.244 e. The Morgan fingerprint density at radius 1 is 1.53 bits per heavy atom. The molecule has 0 saturated heterocycles. The molecule has 0 fully saturated rings. The summed E-state index contributed by atoms with van der Waals surface area (Å²) in [6.45, 7) is 9.59. The number of nitrogens with one attached hydrogen (secondary N) is 1. The van der Waals surface area contributed by atoms with Gasteiger partial charge in [-0.2, -0.15) is 5.10 Å². The van der Waals surface area contributed by atoms with Gasteiger partial charge >= 0.3 is 0 Å². The summed E-state index contributed by atoms with van der Waals surface area (Å²) in [6.07, 6.45) is 4.16. The third kappa shape index (κ3) is 4.71. The van der Waals surface area contributed by atoms with Crippen LogP contribution < -0.4 is 5.32 Å². The maximum absolute atomic E-state index is 11.5. The lowest BCUT2D eigenvalue weighted by Crippen LogP contribution is -2.21. The highest BCUT2D eigenvalue weighted by atomic mass is 35.5. The molecule has 0 aliphatic heterocycles. The fourth-order valence-corrected chi connectivity index (χ4v) is 2.00. The number of aryl methyl sites for hydroxylation is 1. The van der Waals surface area contributed by atoms with E-state index in [0.717, 1.165) is 24.2 Å². The molecule has 0 spiro atoms. The van der Waals surface area contributed by atoms with E-state index < -0.39 is 0 Å². The fourth-order valence-electron chi connectivity index (χ4n) is 1.69. The molecule has 0 unspecified atom stereocenters. The van der Waals surface area contributed by atoms with Crippen LogP contribution in [0.4, 0.5) is 0 Å². The number of hydrogen-bond donors (Lipinski definition) is 1. The summed E-state index contributed by atoms with van der Waals surface area (Å²) >= 11 is 6.28. The van der Waals surface area contributed by atoms with Crippen LogP contribution in [-0.2, 0) is 11.3 Å². The molecule has 106 valence electrons. The first-order chi connectivity index (χ1) is 8.95. The Balaban J connectivity index is 2.81. The Morgan fingerprint density at radius 2 is 2.21 bits per heavy atom. The Kier molecular flexibility index (Phi) is 6.09. The zero-order valence-electron chi connectivity index (χ0n) is 12.0. The lowest BCUT2D eigenvalue weighted by Gasteiger charge is -2.05. The minimum absolute atomic E-state index is 0.103. The van der Waals surface area contributed by atoms with E-state index in [9.17, 15) is 4.79 Å². The number of hydrogen-bond acceptors (Lipinski definition) is 2. The molecule has 0 saturated carbocycles. The van der Waals surface area contributed by atoms with Gasteiger partial charge in [-0.3, -0.25) is 9.48 Å². The number of carbonyl (C=O) groups is 1. The van der Waals surface area contributed by atoms with E-state index >= 15 is 0 Å². The number of halogens is 1. The van der Waals surface area contributed by atoms with Crippen molar-refractivity contribution in [2.75, 3.05) is 6.54 Å². The number of aromatic nitrogens is 2. The van der Waals surface area contributed by atoms with Crippen molar-refractivity contribution in [2.45, 2.75) is 40.7 Å². The molecule has 1 heterocycles. The summed E-state index contributed by atoms with van der Waals surface area (Å²) in [5.41, 5.74) is 1.65. The lowest BCUT2D eigenvalue weighted by molar-refractivity contribution is -0.116. The minimum Gasteiger partial charge on any atom is -0.353 e. The smallest absolute Gasteiger partial charge is 0.244 e. The SMILES string of the molecule is CCCNC(=O)/C=C/c1c(C)nn(CC(C)C)c1Cl. The minimum atomic E-state index is -0.103. The predicted molar refractivity (Wildman–Crippen MR) is 79.1 cm³/mol. The van der Waals surface area contributed by atoms with Crippen LogP contribution in [0.5, 0.6) is 0 Å². The average Bonchev–Trinajstić information content (AvgIpc) is 2.59. The molecule has 1 aromatic heterocycles. The normalized spacial score (nSPS) is 11.5. The molecule has 0 atom stereocenters. The molecular weight excluding hydrogens is 262 g/mol. The van der Waals surface area contributed by atoms with Crippen LogP contribution in [0, 0.1) is 12.8 Å². The number of amides is 1. The van der Waals surface area contributed by atoms with Gasteiger partial charge in [0.05, 0.1) is 5.69 Å². The molecule has 1 amide bonds. The Labute approximate surface area is 119 Å². The zero-order chi connectivity index (χ0) is 14.4. The molecule has 4 nitrogen and oxygen atoms in total. The van der Waals surface area contributed by atoms with Crippen molar-refractivity contribution in [1.29, 1.82) is 0 Å². The lowest BCUT2D eigenvalue weighted by atomic mass is 10.2. The van der Waals surface area contributed by atoms with Crippen LogP contribution in [0.2, 0.25) is 5.15 Å². The van der Waals surface area contributed by atoms with Crippen molar-refractivity contribution in [3.05, 3.63) is 22.5 Å². The Hall–Kier alpha value is -1.29. The molecule has 5 heteroatoms. The van der Waals surface area contributed by atoms with Crippen LogP contribution in [0.3, 0.4) is 0 Å². The largest absolute Gasteiger partial charge is 0.353 e. The van der Waals surface area contributed by atoms with Gasteiger partial charge < -0.3 is 5.32 Å². The summed E-state index contributed by atoms with van der Waals surface area (Å²) in [4.78, 5) is 11.5. The van der Waals surface area contributed by atoms with Crippen molar-refractivity contribution < 1.29 is 4.79 Å². The van der Waals surface area contributed by atoms with E-state index in [2.05, 4.69) is 24.3 Å². The van der Waals surface area contributed by atoms with Gasteiger partial charge in [-0.25, -0.2) is 0 Å². The second-order valence-corrected chi connectivity index (χ2v) is 5.35. The predicted octanol–water partition coefficient (Wildman–Crippen LogP) is 3.04. The van der Waals surface area contributed by atoms with Crippen molar-refractivity contribution in [1.82, 2.24) is 15.1 Å². The molecule has 0 aliphatic rings. The third-order valence-electron chi connectivity index (χ3n) is 2.60. The third-order valence-corrected chi connectivity index (χ3v) is 3.00. The van der Waals surface area contributed by atoms with E-state index in [1.54, 1.807) is 10.8 Å². The van der Waals surface area contributed by atoms with Crippen molar-refractivity contribution in [2.24, 2.45) is 5.92 Å². The number of nitrogens with zero attached hydrogens (tertiary/aromatic N) is 2. The van der Waals surface area contributed by atoms with Crippen molar-refractivity contribution in [3.63, 3.8) is 0 Å². The molecule has 0 aromatic carbocycles. The Bertz CT molecular complexity index is 464. The highest BCUT2D eigenvalue weighted by Gasteiger charge is 2.12. The van der Waals surface area contributed by atoms with Crippen LogP contribution in [0.25, 0.3) is 6.08 Å². The Morgan fingerprint density at radius 3 is 2.79 bits per heavy atom. The summed E-state index contributed by atoms with van der Waals surface area (Å²) in [6, 6.07) is 0. The summed E-state index contributed by atoms with van der Waals surface area (Å²) in [5.74, 6) is 0.371. The average molecular weight is 284 g/mol. The standard InChI is InChI=1S/C14H22ClN3O/c1-5-8-16-13(19)7-6-12-11(4)17-18(14(12)15)9-10(2)3/h6-7,10H,5,8-9H2,1-4H3,(H,16,19)/b7-6+. The van der Waals surface area contributed by atoms with E-state index in [1.165, 1.54) is 6.08 Å². The van der Waals surface area contributed by atoms with Gasteiger partial charge in [-0.1, -0.05) is 32.4 Å². The molecule has 1 N–H and O–H groups in total. The molecule has 1 aromatic rings. The van der Waals surface area contributed by atoms with E-state index in [-0.39, 0.29) is 5.91 Å². The fraction of sp³-hybridized carbons (Fsp3) is 0.571. The van der Waals surface area contributed by atoms with Gasteiger partial charge in [-0.15, -0.1) is 0 Å². The molecule has 0 bridgehead atoms. The van der Waals surface area contributed by atoms with Gasteiger partial charge in [0.15, 0.2) is 0 Å². The summed E-state index contributed by atoms with van der Waals surface area (Å²) in [5, 5.41) is 7.77. The highest BCUT2D eigenvalue weighted by molar-refractivity contribution is 6.31. The molecule has 19 heavy (non-hydrogen) atoms. The first kappa shape index (κ1) is 15.8. The number of rotatable bonds is 6.